The molecule has 0 unspecified atom stereocenters. The number of nitrogens with zero attached hydrogens (tertiary/aromatic N) is 2. The van der Waals surface area contributed by atoms with Crippen LogP contribution in [0.5, 0.6) is 0 Å². The van der Waals surface area contributed by atoms with Gasteiger partial charge in [-0.3, -0.25) is 0 Å². The maximum atomic E-state index is 4.51. The summed E-state index contributed by atoms with van der Waals surface area (Å²) in [4.78, 5) is 8.79. The first kappa shape index (κ1) is 16.0. The molecule has 0 radical (unpaired) electrons. The van der Waals surface area contributed by atoms with Crippen molar-refractivity contribution in [3.05, 3.63) is 83.6 Å². The van der Waals surface area contributed by atoms with Gasteiger partial charge in [0.05, 0.1) is 0 Å². The van der Waals surface area contributed by atoms with Crippen LogP contribution in [-0.2, 0) is 13.0 Å². The average molecular weight is 318 g/mol. The van der Waals surface area contributed by atoms with E-state index in [-0.39, 0.29) is 0 Å². The highest BCUT2D eigenvalue weighted by Crippen LogP contribution is 2.09. The quantitative estimate of drug-likeness (QED) is 0.690. The highest BCUT2D eigenvalue weighted by Gasteiger charge is 2.00. The lowest BCUT2D eigenvalue weighted by Gasteiger charge is -2.09. The summed E-state index contributed by atoms with van der Waals surface area (Å²) in [6, 6.07) is 20.7. The molecule has 4 heteroatoms. The van der Waals surface area contributed by atoms with Crippen LogP contribution in [0, 0.1) is 6.92 Å². The molecule has 0 fully saturated rings. The maximum absolute atomic E-state index is 4.51. The minimum Gasteiger partial charge on any atom is -0.370 e. The standard InChI is InChI=1S/C20H22N4/c1-16-6-5-9-18(14-16)15-23-20-22-13-11-19(24-20)21-12-10-17-7-3-2-4-8-17/h2-9,11,13-14H,10,12,15H2,1H3,(H2,21,22,23,24). The molecule has 24 heavy (non-hydrogen) atoms. The Morgan fingerprint density at radius 1 is 0.875 bits per heavy atom. The van der Waals surface area contributed by atoms with E-state index < -0.39 is 0 Å². The topological polar surface area (TPSA) is 49.8 Å². The Morgan fingerprint density at radius 2 is 1.71 bits per heavy atom. The van der Waals surface area contributed by atoms with E-state index in [1.54, 1.807) is 6.20 Å². The predicted molar refractivity (Wildman–Crippen MR) is 99.2 cm³/mol. The predicted octanol–water partition coefficient (Wildman–Crippen LogP) is 4.05. The largest absolute Gasteiger partial charge is 0.370 e. The summed E-state index contributed by atoms with van der Waals surface area (Å²) in [6.07, 6.45) is 2.74. The second kappa shape index (κ2) is 8.11. The van der Waals surface area contributed by atoms with Gasteiger partial charge in [0.1, 0.15) is 5.82 Å². The minimum absolute atomic E-state index is 0.640. The maximum Gasteiger partial charge on any atom is 0.224 e. The molecule has 0 atom stereocenters. The van der Waals surface area contributed by atoms with Gasteiger partial charge in [0, 0.05) is 19.3 Å². The fourth-order valence-electron chi connectivity index (χ4n) is 2.53. The Kier molecular flexibility index (Phi) is 5.40. The molecule has 0 amide bonds. The van der Waals surface area contributed by atoms with E-state index >= 15 is 0 Å². The van der Waals surface area contributed by atoms with Crippen molar-refractivity contribution in [2.45, 2.75) is 19.9 Å². The zero-order valence-corrected chi connectivity index (χ0v) is 13.9. The van der Waals surface area contributed by atoms with Gasteiger partial charge in [-0.05, 0) is 30.5 Å². The third kappa shape index (κ3) is 4.81. The van der Waals surface area contributed by atoms with Crippen molar-refractivity contribution in [1.29, 1.82) is 0 Å². The highest BCUT2D eigenvalue weighted by atomic mass is 15.1. The second-order valence-corrected chi connectivity index (χ2v) is 5.77. The van der Waals surface area contributed by atoms with Crippen molar-refractivity contribution in [2.75, 3.05) is 17.2 Å². The van der Waals surface area contributed by atoms with Crippen LogP contribution in [0.15, 0.2) is 66.9 Å². The zero-order chi connectivity index (χ0) is 16.6. The smallest absolute Gasteiger partial charge is 0.224 e. The van der Waals surface area contributed by atoms with E-state index in [1.807, 2.05) is 12.1 Å². The Morgan fingerprint density at radius 3 is 2.54 bits per heavy atom. The Bertz CT molecular complexity index is 771. The molecule has 0 spiro atoms. The van der Waals surface area contributed by atoms with Gasteiger partial charge in [-0.15, -0.1) is 0 Å². The summed E-state index contributed by atoms with van der Waals surface area (Å²) >= 11 is 0. The minimum atomic E-state index is 0.640. The van der Waals surface area contributed by atoms with Crippen LogP contribution in [0.1, 0.15) is 16.7 Å². The Hall–Kier alpha value is -2.88. The Balaban J connectivity index is 1.52. The van der Waals surface area contributed by atoms with E-state index in [2.05, 4.69) is 76.1 Å². The Labute approximate surface area is 143 Å². The molecule has 0 saturated heterocycles. The molecule has 0 aliphatic rings. The molecule has 122 valence electrons. The number of aromatic nitrogens is 2. The molecule has 3 aromatic rings. The summed E-state index contributed by atoms with van der Waals surface area (Å²) in [5, 5.41) is 6.62. The molecule has 0 aliphatic heterocycles. The first-order valence-corrected chi connectivity index (χ1v) is 8.20. The van der Waals surface area contributed by atoms with Crippen molar-refractivity contribution in [2.24, 2.45) is 0 Å². The number of aryl methyl sites for hydroxylation is 1. The van der Waals surface area contributed by atoms with E-state index in [0.29, 0.717) is 5.95 Å². The lowest BCUT2D eigenvalue weighted by Crippen LogP contribution is -2.09. The molecule has 0 aliphatic carbocycles. The molecule has 2 N–H and O–H groups in total. The number of rotatable bonds is 7. The molecule has 1 aromatic heterocycles. The van der Waals surface area contributed by atoms with Crippen molar-refractivity contribution < 1.29 is 0 Å². The average Bonchev–Trinajstić information content (AvgIpc) is 2.61. The second-order valence-electron chi connectivity index (χ2n) is 5.77. The van der Waals surface area contributed by atoms with Gasteiger partial charge in [-0.2, -0.15) is 4.98 Å². The van der Waals surface area contributed by atoms with Gasteiger partial charge in [0.25, 0.3) is 0 Å². The first-order chi connectivity index (χ1) is 11.8. The van der Waals surface area contributed by atoms with E-state index in [1.165, 1.54) is 16.7 Å². The monoisotopic (exact) mass is 318 g/mol. The molecule has 0 saturated carbocycles. The first-order valence-electron chi connectivity index (χ1n) is 8.20. The lowest BCUT2D eigenvalue weighted by molar-refractivity contribution is 0.991. The third-order valence-corrected chi connectivity index (χ3v) is 3.75. The van der Waals surface area contributed by atoms with Gasteiger partial charge >= 0.3 is 0 Å². The number of anilines is 2. The van der Waals surface area contributed by atoms with Crippen LogP contribution in [-0.4, -0.2) is 16.5 Å². The molecular formula is C20H22N4. The van der Waals surface area contributed by atoms with E-state index in [9.17, 15) is 0 Å². The molecular weight excluding hydrogens is 296 g/mol. The van der Waals surface area contributed by atoms with Crippen molar-refractivity contribution >= 4 is 11.8 Å². The molecule has 2 aromatic carbocycles. The number of hydrogen-bond donors (Lipinski definition) is 2. The highest BCUT2D eigenvalue weighted by molar-refractivity contribution is 5.40. The summed E-state index contributed by atoms with van der Waals surface area (Å²) in [6.45, 7) is 3.66. The summed E-state index contributed by atoms with van der Waals surface area (Å²) in [7, 11) is 0. The molecule has 4 nitrogen and oxygen atoms in total. The lowest BCUT2D eigenvalue weighted by atomic mass is 10.1. The van der Waals surface area contributed by atoms with Crippen LogP contribution in [0.4, 0.5) is 11.8 Å². The van der Waals surface area contributed by atoms with Crippen LogP contribution < -0.4 is 10.6 Å². The summed E-state index contributed by atoms with van der Waals surface area (Å²) in [5.41, 5.74) is 3.80. The van der Waals surface area contributed by atoms with Gasteiger partial charge in [-0.1, -0.05) is 60.2 Å². The van der Waals surface area contributed by atoms with Gasteiger partial charge in [-0.25, -0.2) is 4.98 Å². The number of nitrogens with one attached hydrogen (secondary N) is 2. The van der Waals surface area contributed by atoms with Crippen LogP contribution in [0.25, 0.3) is 0 Å². The normalized spacial score (nSPS) is 10.4. The van der Waals surface area contributed by atoms with Crippen LogP contribution >= 0.6 is 0 Å². The van der Waals surface area contributed by atoms with Crippen LogP contribution in [0.2, 0.25) is 0 Å². The zero-order valence-electron chi connectivity index (χ0n) is 13.9. The van der Waals surface area contributed by atoms with Crippen LogP contribution in [0.3, 0.4) is 0 Å². The summed E-state index contributed by atoms with van der Waals surface area (Å²) in [5.74, 6) is 1.48. The van der Waals surface area contributed by atoms with E-state index in [4.69, 9.17) is 0 Å². The fourth-order valence-corrected chi connectivity index (χ4v) is 2.53. The van der Waals surface area contributed by atoms with E-state index in [0.717, 1.165) is 25.3 Å². The van der Waals surface area contributed by atoms with Crippen molar-refractivity contribution in [1.82, 2.24) is 9.97 Å². The van der Waals surface area contributed by atoms with Gasteiger partial charge in [0.15, 0.2) is 0 Å². The third-order valence-electron chi connectivity index (χ3n) is 3.75. The van der Waals surface area contributed by atoms with Crippen molar-refractivity contribution in [3.8, 4) is 0 Å². The molecule has 3 rings (SSSR count). The summed E-state index contributed by atoms with van der Waals surface area (Å²) < 4.78 is 0. The fraction of sp³-hybridized carbons (Fsp3) is 0.200. The van der Waals surface area contributed by atoms with Crippen molar-refractivity contribution in [3.63, 3.8) is 0 Å². The SMILES string of the molecule is Cc1cccc(CNc2nccc(NCCc3ccccc3)n2)c1. The molecule has 0 bridgehead atoms. The molecule has 1 heterocycles. The van der Waals surface area contributed by atoms with Gasteiger partial charge in [0.2, 0.25) is 5.95 Å². The van der Waals surface area contributed by atoms with Gasteiger partial charge < -0.3 is 10.6 Å². The number of benzene rings is 2. The number of hydrogen-bond acceptors (Lipinski definition) is 4.